The summed E-state index contributed by atoms with van der Waals surface area (Å²) in [6.07, 6.45) is 29.7. The van der Waals surface area contributed by atoms with E-state index in [1.54, 1.807) is 0 Å². The fourth-order valence-corrected chi connectivity index (χ4v) is 5.00. The van der Waals surface area contributed by atoms with Crippen molar-refractivity contribution in [2.75, 3.05) is 26.4 Å². The summed E-state index contributed by atoms with van der Waals surface area (Å²) >= 11 is 0. The topological polar surface area (TPSA) is 36.9 Å². The van der Waals surface area contributed by atoms with E-state index in [-0.39, 0.29) is 0 Å². The summed E-state index contributed by atoms with van der Waals surface area (Å²) in [7, 11) is 0. The van der Waals surface area contributed by atoms with Crippen molar-refractivity contribution < 1.29 is 18.9 Å². The fourth-order valence-electron chi connectivity index (χ4n) is 5.00. The monoisotopic (exact) mass is 626 g/mol. The summed E-state index contributed by atoms with van der Waals surface area (Å²) < 4.78 is 24.9. The lowest BCUT2D eigenvalue weighted by Crippen LogP contribution is -2.04. The van der Waals surface area contributed by atoms with Crippen LogP contribution in [-0.2, 0) is 0 Å². The van der Waals surface area contributed by atoms with Crippen molar-refractivity contribution in [1.82, 2.24) is 0 Å². The van der Waals surface area contributed by atoms with Gasteiger partial charge in [-0.25, -0.2) is 0 Å². The molecular weight excluding hydrogens is 568 g/mol. The standard InChI is InChI=1S/C42H58O4/c1-7-13-17-21-27-43-39-33-37(41(31-35(39)11-5)45-29-23-19-15-9-3)25-26-38-34-40(44-28-22-18-14-8-2)36(12-6)32-42(38)46-30-24-20-16-10-4/h5-6,31-34H,7-10,13-24,27-30H2,1-4H3. The number of terminal acetylenes is 2. The Morgan fingerprint density at radius 2 is 0.652 bits per heavy atom. The third-order valence-corrected chi connectivity index (χ3v) is 7.83. The van der Waals surface area contributed by atoms with E-state index in [0.717, 1.165) is 62.5 Å². The van der Waals surface area contributed by atoms with Gasteiger partial charge in [0, 0.05) is 24.3 Å². The quantitative estimate of drug-likeness (QED) is 0.0858. The molecule has 0 heterocycles. The molecule has 4 heteroatoms. The van der Waals surface area contributed by atoms with Crippen LogP contribution in [0.15, 0.2) is 24.3 Å². The molecule has 0 aliphatic carbocycles. The first-order chi connectivity index (χ1) is 22.6. The zero-order valence-electron chi connectivity index (χ0n) is 29.2. The Morgan fingerprint density at radius 3 is 0.913 bits per heavy atom. The Labute approximate surface area is 281 Å². The maximum absolute atomic E-state index is 6.27. The summed E-state index contributed by atoms with van der Waals surface area (Å²) in [5.74, 6) is 15.0. The summed E-state index contributed by atoms with van der Waals surface area (Å²) in [4.78, 5) is 0. The van der Waals surface area contributed by atoms with Crippen LogP contribution in [0, 0.1) is 36.5 Å². The van der Waals surface area contributed by atoms with Crippen molar-refractivity contribution >= 4 is 0 Å². The molecule has 250 valence electrons. The third kappa shape index (κ3) is 14.6. The molecule has 2 aromatic rings. The molecule has 0 aliphatic heterocycles. The summed E-state index contributed by atoms with van der Waals surface area (Å²) in [6.45, 7) is 11.3. The molecule has 2 aromatic carbocycles. The van der Waals surface area contributed by atoms with Gasteiger partial charge in [0.1, 0.15) is 23.0 Å². The van der Waals surface area contributed by atoms with Crippen molar-refractivity contribution in [3.63, 3.8) is 0 Å². The zero-order chi connectivity index (χ0) is 33.2. The van der Waals surface area contributed by atoms with Gasteiger partial charge in [-0.2, -0.15) is 0 Å². The summed E-state index contributed by atoms with van der Waals surface area (Å²) in [5, 5.41) is 0. The molecule has 0 spiro atoms. The van der Waals surface area contributed by atoms with E-state index in [2.05, 4.69) is 51.4 Å². The first-order valence-corrected chi connectivity index (χ1v) is 17.9. The molecule has 0 radical (unpaired) electrons. The van der Waals surface area contributed by atoms with E-state index in [0.29, 0.717) is 60.6 Å². The van der Waals surface area contributed by atoms with Gasteiger partial charge in [0.05, 0.1) is 48.7 Å². The normalized spacial score (nSPS) is 10.4. The minimum Gasteiger partial charge on any atom is -0.492 e. The molecule has 0 unspecified atom stereocenters. The maximum Gasteiger partial charge on any atom is 0.136 e. The highest BCUT2D eigenvalue weighted by Crippen LogP contribution is 2.31. The van der Waals surface area contributed by atoms with E-state index in [1.807, 2.05) is 24.3 Å². The average Bonchev–Trinajstić information content (AvgIpc) is 3.07. The fraction of sp³-hybridized carbons (Fsp3) is 0.571. The van der Waals surface area contributed by atoms with Crippen molar-refractivity contribution in [3.8, 4) is 59.5 Å². The van der Waals surface area contributed by atoms with Gasteiger partial charge >= 0.3 is 0 Å². The molecule has 0 aliphatic rings. The van der Waals surface area contributed by atoms with Crippen molar-refractivity contribution in [3.05, 3.63) is 46.5 Å². The predicted molar refractivity (Wildman–Crippen MR) is 193 cm³/mol. The molecule has 0 fully saturated rings. The van der Waals surface area contributed by atoms with Crippen LogP contribution in [0.5, 0.6) is 23.0 Å². The first-order valence-electron chi connectivity index (χ1n) is 17.9. The van der Waals surface area contributed by atoms with E-state index in [1.165, 1.54) is 51.4 Å². The van der Waals surface area contributed by atoms with Crippen LogP contribution in [0.4, 0.5) is 0 Å². The van der Waals surface area contributed by atoms with Crippen LogP contribution in [0.2, 0.25) is 0 Å². The van der Waals surface area contributed by atoms with Crippen LogP contribution < -0.4 is 18.9 Å². The highest BCUT2D eigenvalue weighted by molar-refractivity contribution is 5.62. The minimum absolute atomic E-state index is 0.606. The van der Waals surface area contributed by atoms with Crippen molar-refractivity contribution in [1.29, 1.82) is 0 Å². The molecule has 2 rings (SSSR count). The number of ether oxygens (including phenoxy) is 4. The van der Waals surface area contributed by atoms with Crippen LogP contribution in [0.25, 0.3) is 0 Å². The second kappa shape index (κ2) is 24.5. The molecule has 0 saturated heterocycles. The summed E-state index contributed by atoms with van der Waals surface area (Å²) in [5.41, 5.74) is 2.82. The number of hydrogen-bond acceptors (Lipinski definition) is 4. The Hall–Kier alpha value is -3.68. The molecule has 0 aromatic heterocycles. The van der Waals surface area contributed by atoms with E-state index in [4.69, 9.17) is 31.8 Å². The molecule has 0 amide bonds. The first kappa shape index (κ1) is 38.5. The zero-order valence-corrected chi connectivity index (χ0v) is 29.2. The van der Waals surface area contributed by atoms with Gasteiger partial charge in [-0.15, -0.1) is 12.8 Å². The third-order valence-electron chi connectivity index (χ3n) is 7.83. The number of unbranched alkanes of at least 4 members (excludes halogenated alkanes) is 12. The van der Waals surface area contributed by atoms with Crippen LogP contribution >= 0.6 is 0 Å². The SMILES string of the molecule is C#Cc1cc(OCCCCCC)c(C#Cc2cc(OCCCCCC)c(C#C)cc2OCCCCCC)cc1OCCCCCC. The molecule has 4 nitrogen and oxygen atoms in total. The van der Waals surface area contributed by atoms with E-state index >= 15 is 0 Å². The lowest BCUT2D eigenvalue weighted by molar-refractivity contribution is 0.295. The van der Waals surface area contributed by atoms with Crippen LogP contribution in [-0.4, -0.2) is 26.4 Å². The lowest BCUT2D eigenvalue weighted by Gasteiger charge is -2.14. The van der Waals surface area contributed by atoms with Gasteiger partial charge in [-0.1, -0.05) is 128 Å². The number of benzene rings is 2. The average molecular weight is 627 g/mol. The summed E-state index contributed by atoms with van der Waals surface area (Å²) in [6, 6.07) is 7.64. The van der Waals surface area contributed by atoms with Crippen LogP contribution in [0.1, 0.15) is 153 Å². The van der Waals surface area contributed by atoms with E-state index < -0.39 is 0 Å². The molecule has 0 bridgehead atoms. The second-order valence-electron chi connectivity index (χ2n) is 11.9. The van der Waals surface area contributed by atoms with Gasteiger partial charge in [-0.05, 0) is 25.7 Å². The highest BCUT2D eigenvalue weighted by Gasteiger charge is 2.13. The van der Waals surface area contributed by atoms with E-state index in [9.17, 15) is 0 Å². The molecule has 0 atom stereocenters. The number of rotatable bonds is 24. The Bertz CT molecular complexity index is 1190. The van der Waals surface area contributed by atoms with Crippen molar-refractivity contribution in [2.24, 2.45) is 0 Å². The Kier molecular flexibility index (Phi) is 20.5. The van der Waals surface area contributed by atoms with Gasteiger partial charge in [0.25, 0.3) is 0 Å². The molecule has 46 heavy (non-hydrogen) atoms. The predicted octanol–water partition coefficient (Wildman–Crippen LogP) is 10.9. The van der Waals surface area contributed by atoms with Gasteiger partial charge in [-0.3, -0.25) is 0 Å². The second-order valence-corrected chi connectivity index (χ2v) is 11.9. The highest BCUT2D eigenvalue weighted by atomic mass is 16.5. The van der Waals surface area contributed by atoms with Gasteiger partial charge in [0.15, 0.2) is 0 Å². The Balaban J connectivity index is 2.47. The van der Waals surface area contributed by atoms with Gasteiger partial charge < -0.3 is 18.9 Å². The molecule has 0 saturated carbocycles. The molecule has 0 N–H and O–H groups in total. The lowest BCUT2D eigenvalue weighted by atomic mass is 10.1. The number of hydrogen-bond donors (Lipinski definition) is 0. The van der Waals surface area contributed by atoms with Crippen LogP contribution in [0.3, 0.4) is 0 Å². The minimum atomic E-state index is 0.606. The maximum atomic E-state index is 6.27. The van der Waals surface area contributed by atoms with Gasteiger partial charge in [0.2, 0.25) is 0 Å². The largest absolute Gasteiger partial charge is 0.492 e. The Morgan fingerprint density at radius 1 is 0.391 bits per heavy atom. The smallest absolute Gasteiger partial charge is 0.136 e. The molecular formula is C42H58O4. The van der Waals surface area contributed by atoms with Crippen molar-refractivity contribution in [2.45, 2.75) is 130 Å².